The summed E-state index contributed by atoms with van der Waals surface area (Å²) in [6.07, 6.45) is 3.78. The van der Waals surface area contributed by atoms with Crippen LogP contribution in [0.25, 0.3) is 0 Å². The van der Waals surface area contributed by atoms with Crippen LogP contribution in [-0.2, 0) is 6.42 Å². The number of allylic oxidation sites excluding steroid dienone is 1. The summed E-state index contributed by atoms with van der Waals surface area (Å²) in [5, 5.41) is 25.6. The molecule has 3 rings (SSSR count). The van der Waals surface area contributed by atoms with Gasteiger partial charge in [0.05, 0.1) is 17.7 Å². The van der Waals surface area contributed by atoms with E-state index >= 15 is 0 Å². The molecule has 0 spiro atoms. The van der Waals surface area contributed by atoms with Crippen molar-refractivity contribution in [3.63, 3.8) is 0 Å². The average molecular weight is 411 g/mol. The van der Waals surface area contributed by atoms with Crippen LogP contribution in [0.5, 0.6) is 5.75 Å². The number of phenolic OH excluding ortho intramolecular Hbond substituents is 1. The number of nitrogens with zero attached hydrogens (tertiary/aromatic N) is 5. The van der Waals surface area contributed by atoms with E-state index in [1.54, 1.807) is 12.1 Å². The average Bonchev–Trinajstić information content (AvgIpc) is 3.28. The molecule has 3 aromatic rings. The molecule has 0 aliphatic rings. The molecule has 29 heavy (non-hydrogen) atoms. The van der Waals surface area contributed by atoms with E-state index in [9.17, 15) is 9.90 Å². The summed E-state index contributed by atoms with van der Waals surface area (Å²) in [6, 6.07) is 7.26. The zero-order valence-corrected chi connectivity index (χ0v) is 16.9. The molecule has 150 valence electrons. The second-order valence-electron chi connectivity index (χ2n) is 6.21. The van der Waals surface area contributed by atoms with E-state index in [0.717, 1.165) is 17.0 Å². The highest BCUT2D eigenvalue weighted by molar-refractivity contribution is 7.99. The zero-order chi connectivity index (χ0) is 20.8. The van der Waals surface area contributed by atoms with Gasteiger partial charge in [0.25, 0.3) is 5.91 Å². The van der Waals surface area contributed by atoms with Gasteiger partial charge in [0, 0.05) is 11.3 Å². The Morgan fingerprint density at radius 2 is 2.28 bits per heavy atom. The van der Waals surface area contributed by atoms with Crippen molar-refractivity contribution in [2.45, 2.75) is 25.4 Å². The summed E-state index contributed by atoms with van der Waals surface area (Å²) < 4.78 is 1.38. The Bertz CT molecular complexity index is 1050. The van der Waals surface area contributed by atoms with Gasteiger partial charge in [0.1, 0.15) is 5.75 Å². The number of nitrogens with one attached hydrogen (secondary N) is 2. The molecule has 0 atom stereocenters. The lowest BCUT2D eigenvalue weighted by Crippen LogP contribution is -2.16. The SMILES string of the molecule is C=CCc1cccc(/C=N/Nc2nc(SCC(=O)n3nc(C)cc3C)n[nH]2)c1O. The monoisotopic (exact) mass is 411 g/mol. The van der Waals surface area contributed by atoms with Crippen molar-refractivity contribution >= 4 is 29.8 Å². The van der Waals surface area contributed by atoms with E-state index in [1.807, 2.05) is 32.0 Å². The first-order chi connectivity index (χ1) is 14.0. The smallest absolute Gasteiger partial charge is 0.257 e. The van der Waals surface area contributed by atoms with Crippen molar-refractivity contribution in [3.8, 4) is 5.75 Å². The largest absolute Gasteiger partial charge is 0.507 e. The number of hydrazone groups is 1. The van der Waals surface area contributed by atoms with Gasteiger partial charge in [-0.1, -0.05) is 30.0 Å². The maximum absolute atomic E-state index is 12.2. The van der Waals surface area contributed by atoms with Crippen LogP contribution >= 0.6 is 11.8 Å². The Morgan fingerprint density at radius 3 is 3.00 bits per heavy atom. The number of aryl methyl sites for hydroxylation is 2. The molecule has 0 fully saturated rings. The molecule has 9 nitrogen and oxygen atoms in total. The summed E-state index contributed by atoms with van der Waals surface area (Å²) in [5.41, 5.74) is 5.65. The van der Waals surface area contributed by atoms with E-state index in [4.69, 9.17) is 0 Å². The minimum atomic E-state index is -0.146. The molecule has 0 aliphatic heterocycles. The minimum absolute atomic E-state index is 0.146. The number of hydrogen-bond donors (Lipinski definition) is 3. The van der Waals surface area contributed by atoms with Crippen LogP contribution in [0.4, 0.5) is 5.95 Å². The van der Waals surface area contributed by atoms with Crippen LogP contribution in [0.1, 0.15) is 27.3 Å². The van der Waals surface area contributed by atoms with Crippen molar-refractivity contribution in [2.24, 2.45) is 5.10 Å². The lowest BCUT2D eigenvalue weighted by molar-refractivity contribution is 0.0924. The molecule has 3 N–H and O–H groups in total. The van der Waals surface area contributed by atoms with E-state index < -0.39 is 0 Å². The first kappa shape index (κ1) is 20.3. The Morgan fingerprint density at radius 1 is 1.45 bits per heavy atom. The second kappa shape index (κ2) is 9.20. The second-order valence-corrected chi connectivity index (χ2v) is 7.15. The van der Waals surface area contributed by atoms with Gasteiger partial charge in [-0.05, 0) is 38.0 Å². The van der Waals surface area contributed by atoms with Crippen LogP contribution < -0.4 is 5.43 Å². The van der Waals surface area contributed by atoms with Crippen molar-refractivity contribution in [1.82, 2.24) is 25.0 Å². The highest BCUT2D eigenvalue weighted by atomic mass is 32.2. The molecule has 0 radical (unpaired) electrons. The summed E-state index contributed by atoms with van der Waals surface area (Å²) in [6.45, 7) is 7.35. The third-order valence-corrected chi connectivity index (χ3v) is 4.76. The number of hydrogen-bond acceptors (Lipinski definition) is 8. The number of H-pyrrole nitrogens is 1. The molecule has 0 saturated heterocycles. The molecule has 2 aromatic heterocycles. The molecule has 0 bridgehead atoms. The number of phenols is 1. The molecule has 0 amide bonds. The number of thioether (sulfide) groups is 1. The molecule has 0 aliphatic carbocycles. The number of rotatable bonds is 8. The number of aromatic amines is 1. The van der Waals surface area contributed by atoms with Gasteiger partial charge in [-0.15, -0.1) is 11.7 Å². The van der Waals surface area contributed by atoms with Gasteiger partial charge in [0.15, 0.2) is 0 Å². The van der Waals surface area contributed by atoms with Crippen LogP contribution in [0.2, 0.25) is 0 Å². The topological polar surface area (TPSA) is 121 Å². The van der Waals surface area contributed by atoms with E-state index in [0.29, 0.717) is 23.1 Å². The molecule has 2 heterocycles. The summed E-state index contributed by atoms with van der Waals surface area (Å²) in [5.74, 6) is 0.498. The Kier molecular flexibility index (Phi) is 6.45. The van der Waals surface area contributed by atoms with Crippen LogP contribution in [0.15, 0.2) is 47.2 Å². The van der Waals surface area contributed by atoms with E-state index in [1.165, 1.54) is 22.7 Å². The number of aromatic nitrogens is 5. The van der Waals surface area contributed by atoms with Gasteiger partial charge in [-0.3, -0.25) is 4.79 Å². The third-order valence-electron chi connectivity index (χ3n) is 3.92. The third kappa shape index (κ3) is 5.11. The number of anilines is 1. The van der Waals surface area contributed by atoms with Crippen molar-refractivity contribution in [3.05, 3.63) is 59.4 Å². The predicted molar refractivity (Wildman–Crippen MR) is 113 cm³/mol. The fourth-order valence-corrected chi connectivity index (χ4v) is 3.27. The number of para-hydroxylation sites is 1. The number of carbonyl (C=O) groups excluding carboxylic acids is 1. The molecule has 1 aromatic carbocycles. The van der Waals surface area contributed by atoms with Gasteiger partial charge in [-0.25, -0.2) is 15.2 Å². The molecule has 0 unspecified atom stereocenters. The summed E-state index contributed by atoms with van der Waals surface area (Å²) in [7, 11) is 0. The van der Waals surface area contributed by atoms with E-state index in [-0.39, 0.29) is 17.4 Å². The molecule has 10 heteroatoms. The van der Waals surface area contributed by atoms with E-state index in [2.05, 4.69) is 37.4 Å². The molecular weight excluding hydrogens is 390 g/mol. The molecule has 0 saturated carbocycles. The first-order valence-corrected chi connectivity index (χ1v) is 9.79. The Balaban J connectivity index is 1.56. The van der Waals surface area contributed by atoms with Crippen LogP contribution in [0, 0.1) is 13.8 Å². The highest BCUT2D eigenvalue weighted by Crippen LogP contribution is 2.21. The van der Waals surface area contributed by atoms with Crippen molar-refractivity contribution in [2.75, 3.05) is 11.2 Å². The summed E-state index contributed by atoms with van der Waals surface area (Å²) >= 11 is 1.20. The van der Waals surface area contributed by atoms with Crippen molar-refractivity contribution < 1.29 is 9.90 Å². The molecular formula is C19H21N7O2S. The maximum atomic E-state index is 12.2. The number of aromatic hydroxyl groups is 1. The van der Waals surface area contributed by atoms with Gasteiger partial charge in [-0.2, -0.15) is 15.2 Å². The highest BCUT2D eigenvalue weighted by Gasteiger charge is 2.12. The predicted octanol–water partition coefficient (Wildman–Crippen LogP) is 2.93. The zero-order valence-electron chi connectivity index (χ0n) is 16.1. The lowest BCUT2D eigenvalue weighted by atomic mass is 10.1. The summed E-state index contributed by atoms with van der Waals surface area (Å²) in [4.78, 5) is 16.5. The Hall–Kier alpha value is -3.40. The van der Waals surface area contributed by atoms with Gasteiger partial charge >= 0.3 is 0 Å². The van der Waals surface area contributed by atoms with Gasteiger partial charge in [0.2, 0.25) is 11.1 Å². The fraction of sp³-hybridized carbons (Fsp3) is 0.211. The standard InChI is InChI=1S/C19H21N7O2S/c1-4-6-14-7-5-8-15(17(14)28)10-20-22-18-21-19(24-23-18)29-11-16(27)26-13(3)9-12(2)25-26/h4-5,7-10,28H,1,6,11H2,2-3H3,(H2,21,22,23,24)/b20-10+. The minimum Gasteiger partial charge on any atom is -0.507 e. The van der Waals surface area contributed by atoms with Crippen molar-refractivity contribution in [1.29, 1.82) is 0 Å². The quantitative estimate of drug-likeness (QED) is 0.225. The number of benzene rings is 1. The number of carbonyl (C=O) groups is 1. The van der Waals surface area contributed by atoms with Crippen LogP contribution in [-0.4, -0.2) is 47.9 Å². The van der Waals surface area contributed by atoms with Crippen LogP contribution in [0.3, 0.4) is 0 Å². The maximum Gasteiger partial charge on any atom is 0.257 e. The fourth-order valence-electron chi connectivity index (χ4n) is 2.63. The van der Waals surface area contributed by atoms with Gasteiger partial charge < -0.3 is 5.11 Å². The Labute approximate surface area is 171 Å². The lowest BCUT2D eigenvalue weighted by Gasteiger charge is -2.04. The first-order valence-electron chi connectivity index (χ1n) is 8.80. The normalized spacial score (nSPS) is 11.1.